The molecule has 1 amide bonds. The number of aromatic nitrogens is 2. The molecule has 4 heterocycles. The second kappa shape index (κ2) is 4.77. The highest BCUT2D eigenvalue weighted by atomic mass is 32.1. The first kappa shape index (κ1) is 12.7. The van der Waals surface area contributed by atoms with Crippen LogP contribution in [0.4, 0.5) is 16.0 Å². The average Bonchev–Trinajstić information content (AvgIpc) is 3.16. The molecule has 21 heavy (non-hydrogen) atoms. The SMILES string of the molecule is O=C1C[C@@H]2[C@H](CCN2c2ncc(F)cn2)N1c1ccsc1. The molecule has 0 spiro atoms. The minimum Gasteiger partial charge on any atom is -0.335 e. The van der Waals surface area contributed by atoms with Crippen molar-refractivity contribution in [3.05, 3.63) is 35.0 Å². The summed E-state index contributed by atoms with van der Waals surface area (Å²) in [5.74, 6) is 0.191. The second-order valence-electron chi connectivity index (χ2n) is 5.27. The Balaban J connectivity index is 1.63. The Bertz CT molecular complexity index is 660. The first-order chi connectivity index (χ1) is 10.2. The van der Waals surface area contributed by atoms with Crippen molar-refractivity contribution in [3.63, 3.8) is 0 Å². The topological polar surface area (TPSA) is 49.3 Å². The summed E-state index contributed by atoms with van der Waals surface area (Å²) in [4.78, 5) is 24.3. The summed E-state index contributed by atoms with van der Waals surface area (Å²) in [5, 5.41) is 3.98. The highest BCUT2D eigenvalue weighted by Gasteiger charge is 2.48. The quantitative estimate of drug-likeness (QED) is 0.852. The number of halogens is 1. The fourth-order valence-corrected chi connectivity index (χ4v) is 3.91. The average molecular weight is 304 g/mol. The van der Waals surface area contributed by atoms with Crippen LogP contribution in [0.2, 0.25) is 0 Å². The largest absolute Gasteiger partial charge is 0.335 e. The van der Waals surface area contributed by atoms with Crippen molar-refractivity contribution in [2.45, 2.75) is 24.9 Å². The molecule has 2 saturated heterocycles. The lowest BCUT2D eigenvalue weighted by Crippen LogP contribution is -2.37. The number of carbonyl (C=O) groups is 1. The highest BCUT2D eigenvalue weighted by Crippen LogP contribution is 2.37. The van der Waals surface area contributed by atoms with Gasteiger partial charge < -0.3 is 9.80 Å². The van der Waals surface area contributed by atoms with Gasteiger partial charge in [0, 0.05) is 18.3 Å². The van der Waals surface area contributed by atoms with Crippen molar-refractivity contribution in [1.82, 2.24) is 9.97 Å². The van der Waals surface area contributed by atoms with Gasteiger partial charge in [0.15, 0.2) is 5.82 Å². The number of nitrogens with zero attached hydrogens (tertiary/aromatic N) is 4. The van der Waals surface area contributed by atoms with E-state index in [-0.39, 0.29) is 18.0 Å². The van der Waals surface area contributed by atoms with Crippen molar-refractivity contribution < 1.29 is 9.18 Å². The molecule has 2 aromatic rings. The molecule has 2 aliphatic heterocycles. The van der Waals surface area contributed by atoms with Crippen molar-refractivity contribution in [2.75, 3.05) is 16.3 Å². The molecule has 0 radical (unpaired) electrons. The zero-order valence-corrected chi connectivity index (χ0v) is 12.0. The molecule has 7 heteroatoms. The molecule has 4 rings (SSSR count). The van der Waals surface area contributed by atoms with Crippen molar-refractivity contribution in [2.24, 2.45) is 0 Å². The zero-order chi connectivity index (χ0) is 14.4. The molecule has 2 atom stereocenters. The molecular formula is C14H13FN4OS. The first-order valence-electron chi connectivity index (χ1n) is 6.82. The maximum absolute atomic E-state index is 12.9. The van der Waals surface area contributed by atoms with Crippen LogP contribution in [0, 0.1) is 5.82 Å². The van der Waals surface area contributed by atoms with Gasteiger partial charge in [0.25, 0.3) is 0 Å². The van der Waals surface area contributed by atoms with Gasteiger partial charge in [-0.05, 0) is 17.9 Å². The van der Waals surface area contributed by atoms with Gasteiger partial charge in [0.05, 0.1) is 30.2 Å². The number of carbonyl (C=O) groups excluding carboxylic acids is 1. The molecule has 0 aliphatic carbocycles. The van der Waals surface area contributed by atoms with Gasteiger partial charge in [-0.15, -0.1) is 0 Å². The number of hydrogen-bond donors (Lipinski definition) is 0. The van der Waals surface area contributed by atoms with E-state index in [9.17, 15) is 9.18 Å². The third-order valence-electron chi connectivity index (χ3n) is 4.14. The number of hydrogen-bond acceptors (Lipinski definition) is 5. The summed E-state index contributed by atoms with van der Waals surface area (Å²) >= 11 is 1.59. The molecule has 2 aromatic heterocycles. The summed E-state index contributed by atoms with van der Waals surface area (Å²) in [6.45, 7) is 0.787. The summed E-state index contributed by atoms with van der Waals surface area (Å²) in [6.07, 6.45) is 3.68. The van der Waals surface area contributed by atoms with E-state index in [1.165, 1.54) is 12.4 Å². The Labute approximate surface area is 125 Å². The minimum absolute atomic E-state index is 0.0721. The maximum Gasteiger partial charge on any atom is 0.229 e. The van der Waals surface area contributed by atoms with Crippen molar-refractivity contribution in [3.8, 4) is 0 Å². The molecule has 0 saturated carbocycles. The Hall–Kier alpha value is -2.02. The van der Waals surface area contributed by atoms with Gasteiger partial charge in [0.1, 0.15) is 0 Å². The van der Waals surface area contributed by atoms with Crippen LogP contribution in [0.1, 0.15) is 12.8 Å². The number of amides is 1. The molecule has 5 nitrogen and oxygen atoms in total. The molecule has 2 fully saturated rings. The van der Waals surface area contributed by atoms with Crippen LogP contribution in [0.15, 0.2) is 29.2 Å². The predicted molar refractivity (Wildman–Crippen MR) is 78.0 cm³/mol. The van der Waals surface area contributed by atoms with Gasteiger partial charge in [-0.3, -0.25) is 4.79 Å². The summed E-state index contributed by atoms with van der Waals surface area (Å²) < 4.78 is 12.9. The van der Waals surface area contributed by atoms with Gasteiger partial charge in [-0.1, -0.05) is 0 Å². The Morgan fingerprint density at radius 1 is 1.29 bits per heavy atom. The summed E-state index contributed by atoms with van der Waals surface area (Å²) in [6, 6.07) is 2.20. The van der Waals surface area contributed by atoms with Gasteiger partial charge in [-0.25, -0.2) is 14.4 Å². The molecule has 2 aliphatic rings. The fourth-order valence-electron chi connectivity index (χ4n) is 3.28. The van der Waals surface area contributed by atoms with Crippen molar-refractivity contribution >= 4 is 28.9 Å². The number of anilines is 2. The van der Waals surface area contributed by atoms with Gasteiger partial charge >= 0.3 is 0 Å². The third-order valence-corrected chi connectivity index (χ3v) is 4.81. The summed E-state index contributed by atoms with van der Waals surface area (Å²) in [5.41, 5.74) is 0.972. The lowest BCUT2D eigenvalue weighted by Gasteiger charge is -2.24. The molecule has 0 N–H and O–H groups in total. The van der Waals surface area contributed by atoms with E-state index in [0.717, 1.165) is 18.7 Å². The lowest BCUT2D eigenvalue weighted by molar-refractivity contribution is -0.117. The molecular weight excluding hydrogens is 291 g/mol. The van der Waals surface area contributed by atoms with E-state index in [1.54, 1.807) is 11.3 Å². The zero-order valence-electron chi connectivity index (χ0n) is 11.1. The van der Waals surface area contributed by atoms with E-state index in [1.807, 2.05) is 26.6 Å². The van der Waals surface area contributed by atoms with Crippen LogP contribution in [0.25, 0.3) is 0 Å². The van der Waals surface area contributed by atoms with E-state index in [4.69, 9.17) is 0 Å². The third kappa shape index (κ3) is 1.99. The number of fused-ring (bicyclic) bond motifs is 1. The van der Waals surface area contributed by atoms with Crippen LogP contribution in [-0.4, -0.2) is 34.5 Å². The molecule has 0 aromatic carbocycles. The van der Waals surface area contributed by atoms with Crippen molar-refractivity contribution in [1.29, 1.82) is 0 Å². The Morgan fingerprint density at radius 3 is 2.81 bits per heavy atom. The molecule has 0 unspecified atom stereocenters. The molecule has 108 valence electrons. The predicted octanol–water partition coefficient (Wildman–Crippen LogP) is 2.06. The Kier molecular flexibility index (Phi) is 2.88. The van der Waals surface area contributed by atoms with Gasteiger partial charge in [-0.2, -0.15) is 11.3 Å². The van der Waals surface area contributed by atoms with Crippen LogP contribution < -0.4 is 9.80 Å². The lowest BCUT2D eigenvalue weighted by atomic mass is 10.1. The van der Waals surface area contributed by atoms with Crippen LogP contribution in [0.5, 0.6) is 0 Å². The minimum atomic E-state index is -0.447. The van der Waals surface area contributed by atoms with E-state index in [2.05, 4.69) is 9.97 Å². The van der Waals surface area contributed by atoms with E-state index < -0.39 is 5.82 Å². The van der Waals surface area contributed by atoms with E-state index in [0.29, 0.717) is 12.4 Å². The normalized spacial score (nSPS) is 24.7. The summed E-state index contributed by atoms with van der Waals surface area (Å²) in [7, 11) is 0. The first-order valence-corrected chi connectivity index (χ1v) is 7.77. The van der Waals surface area contributed by atoms with Crippen LogP contribution in [-0.2, 0) is 4.79 Å². The maximum atomic E-state index is 12.9. The fraction of sp³-hybridized carbons (Fsp3) is 0.357. The smallest absolute Gasteiger partial charge is 0.229 e. The monoisotopic (exact) mass is 304 g/mol. The standard InChI is InChI=1S/C14H13FN4OS/c15-9-6-16-14(17-7-9)18-3-1-11-12(18)5-13(20)19(11)10-2-4-21-8-10/h2,4,6-8,11-12H,1,3,5H2/t11-,12+/m0/s1. The van der Waals surface area contributed by atoms with Crippen LogP contribution in [0.3, 0.4) is 0 Å². The molecule has 0 bridgehead atoms. The van der Waals surface area contributed by atoms with E-state index >= 15 is 0 Å². The van der Waals surface area contributed by atoms with Crippen LogP contribution >= 0.6 is 11.3 Å². The Morgan fingerprint density at radius 2 is 2.10 bits per heavy atom. The second-order valence-corrected chi connectivity index (χ2v) is 6.05. The highest BCUT2D eigenvalue weighted by molar-refractivity contribution is 7.08. The number of rotatable bonds is 2. The number of thiophene rings is 1. The van der Waals surface area contributed by atoms with Gasteiger partial charge in [0.2, 0.25) is 11.9 Å².